The Kier molecular flexibility index (Phi) is 9.14. The summed E-state index contributed by atoms with van der Waals surface area (Å²) in [6.45, 7) is 2.80. The predicted octanol–water partition coefficient (Wildman–Crippen LogP) is 4.45. The van der Waals surface area contributed by atoms with Gasteiger partial charge in [-0.1, -0.05) is 41.3 Å². The number of ether oxygens (including phenoxy) is 3. The zero-order valence-electron chi connectivity index (χ0n) is 16.3. The zero-order chi connectivity index (χ0) is 21.2. The summed E-state index contributed by atoms with van der Waals surface area (Å²) in [5, 5.41) is 3.70. The second kappa shape index (κ2) is 11.6. The summed E-state index contributed by atoms with van der Waals surface area (Å²) in [6, 6.07) is 10.6. The molecule has 7 heteroatoms. The Morgan fingerprint density at radius 3 is 2.62 bits per heavy atom. The number of rotatable bonds is 10. The Morgan fingerprint density at radius 2 is 1.97 bits per heavy atom. The van der Waals surface area contributed by atoms with Crippen molar-refractivity contribution in [1.29, 1.82) is 0 Å². The van der Waals surface area contributed by atoms with Gasteiger partial charge >= 0.3 is 0 Å². The van der Waals surface area contributed by atoms with Gasteiger partial charge in [0.05, 0.1) is 17.2 Å². The third-order valence-corrected chi connectivity index (χ3v) is 4.81. The number of carbonyl (C=O) groups is 1. The molecule has 0 heterocycles. The number of nitrogens with one attached hydrogen (secondary N) is 1. The van der Waals surface area contributed by atoms with Gasteiger partial charge in [-0.15, -0.1) is 6.42 Å². The van der Waals surface area contributed by atoms with E-state index in [9.17, 15) is 4.79 Å². The molecule has 0 saturated heterocycles. The van der Waals surface area contributed by atoms with Crippen LogP contribution in [0.3, 0.4) is 0 Å². The van der Waals surface area contributed by atoms with Crippen LogP contribution >= 0.6 is 23.2 Å². The number of amides is 1. The average molecular weight is 436 g/mol. The van der Waals surface area contributed by atoms with Crippen molar-refractivity contribution in [2.75, 3.05) is 26.9 Å². The standard InChI is InChI=1S/C22H23Cl2NO4/c1-4-12-29-19-9-6-15(13-20(19)27-3)10-11-25-22(26)21(28-5-2)16-7-8-17(23)18(24)14-16/h1,6-9,13-14,21H,5,10-12H2,2-3H3,(H,25,26). The molecule has 2 aromatic rings. The topological polar surface area (TPSA) is 56.8 Å². The lowest BCUT2D eigenvalue weighted by atomic mass is 10.1. The maximum Gasteiger partial charge on any atom is 0.253 e. The van der Waals surface area contributed by atoms with Crippen molar-refractivity contribution in [3.05, 3.63) is 57.6 Å². The quantitative estimate of drug-likeness (QED) is 0.560. The SMILES string of the molecule is C#CCOc1ccc(CCNC(=O)C(OCC)c2ccc(Cl)c(Cl)c2)cc1OC. The molecule has 1 atom stereocenters. The molecule has 0 bridgehead atoms. The fourth-order valence-corrected chi connectivity index (χ4v) is 3.00. The molecule has 1 unspecified atom stereocenters. The van der Waals surface area contributed by atoms with E-state index in [1.807, 2.05) is 19.1 Å². The number of methoxy groups -OCH3 is 1. The second-order valence-electron chi connectivity index (χ2n) is 6.03. The van der Waals surface area contributed by atoms with Crippen LogP contribution in [-0.2, 0) is 16.0 Å². The molecule has 29 heavy (non-hydrogen) atoms. The molecule has 0 aromatic heterocycles. The first-order valence-electron chi connectivity index (χ1n) is 9.07. The van der Waals surface area contributed by atoms with Gasteiger partial charge in [0.25, 0.3) is 5.91 Å². The van der Waals surface area contributed by atoms with Crippen molar-refractivity contribution >= 4 is 29.1 Å². The van der Waals surface area contributed by atoms with Crippen molar-refractivity contribution in [2.45, 2.75) is 19.4 Å². The number of carbonyl (C=O) groups excluding carboxylic acids is 1. The highest BCUT2D eigenvalue weighted by atomic mass is 35.5. The molecule has 0 fully saturated rings. The average Bonchev–Trinajstić information content (AvgIpc) is 2.72. The number of hydrogen-bond donors (Lipinski definition) is 1. The van der Waals surface area contributed by atoms with E-state index < -0.39 is 6.10 Å². The third kappa shape index (κ3) is 6.57. The van der Waals surface area contributed by atoms with Crippen molar-refractivity contribution in [2.24, 2.45) is 0 Å². The fraction of sp³-hybridized carbons (Fsp3) is 0.318. The van der Waals surface area contributed by atoms with Crippen LogP contribution in [0.1, 0.15) is 24.2 Å². The molecular formula is C22H23Cl2NO4. The van der Waals surface area contributed by atoms with Crippen LogP contribution in [-0.4, -0.2) is 32.8 Å². The minimum Gasteiger partial charge on any atom is -0.493 e. The molecule has 0 aliphatic rings. The summed E-state index contributed by atoms with van der Waals surface area (Å²) in [5.41, 5.74) is 1.63. The number of halogens is 2. The minimum atomic E-state index is -0.760. The van der Waals surface area contributed by atoms with Gasteiger partial charge in [-0.3, -0.25) is 4.79 Å². The zero-order valence-corrected chi connectivity index (χ0v) is 17.8. The molecule has 1 amide bonds. The maximum absolute atomic E-state index is 12.6. The molecule has 2 aromatic carbocycles. The largest absolute Gasteiger partial charge is 0.493 e. The molecule has 154 valence electrons. The molecule has 0 saturated carbocycles. The van der Waals surface area contributed by atoms with Gasteiger partial charge < -0.3 is 19.5 Å². The number of benzene rings is 2. The van der Waals surface area contributed by atoms with Crippen LogP contribution in [0.2, 0.25) is 10.0 Å². The summed E-state index contributed by atoms with van der Waals surface area (Å²) >= 11 is 12.0. The molecule has 0 aliphatic carbocycles. The van der Waals surface area contributed by atoms with Crippen LogP contribution in [0.25, 0.3) is 0 Å². The Bertz CT molecular complexity index is 880. The van der Waals surface area contributed by atoms with Gasteiger partial charge in [0.2, 0.25) is 0 Å². The van der Waals surface area contributed by atoms with Crippen LogP contribution in [0.4, 0.5) is 0 Å². The molecule has 1 N–H and O–H groups in total. The summed E-state index contributed by atoms with van der Waals surface area (Å²) in [6.07, 6.45) is 5.06. The van der Waals surface area contributed by atoms with Crippen LogP contribution in [0, 0.1) is 12.3 Å². The monoisotopic (exact) mass is 435 g/mol. The van der Waals surface area contributed by atoms with Gasteiger partial charge in [-0.05, 0) is 48.7 Å². The molecular weight excluding hydrogens is 413 g/mol. The first-order chi connectivity index (χ1) is 14.0. The normalized spacial score (nSPS) is 11.4. The van der Waals surface area contributed by atoms with E-state index in [0.29, 0.717) is 46.7 Å². The number of hydrogen-bond acceptors (Lipinski definition) is 4. The first-order valence-corrected chi connectivity index (χ1v) is 9.83. The van der Waals surface area contributed by atoms with E-state index >= 15 is 0 Å². The Labute approximate surface area is 181 Å². The van der Waals surface area contributed by atoms with Crippen LogP contribution < -0.4 is 14.8 Å². The lowest BCUT2D eigenvalue weighted by Gasteiger charge is -2.18. The van der Waals surface area contributed by atoms with E-state index in [4.69, 9.17) is 43.8 Å². The van der Waals surface area contributed by atoms with Gasteiger partial charge in [0.15, 0.2) is 17.6 Å². The Balaban J connectivity index is 1.99. The van der Waals surface area contributed by atoms with Crippen molar-refractivity contribution < 1.29 is 19.0 Å². The van der Waals surface area contributed by atoms with E-state index in [0.717, 1.165) is 5.56 Å². The minimum absolute atomic E-state index is 0.166. The smallest absolute Gasteiger partial charge is 0.253 e. The number of terminal acetylenes is 1. The highest BCUT2D eigenvalue weighted by Gasteiger charge is 2.21. The van der Waals surface area contributed by atoms with Crippen molar-refractivity contribution in [1.82, 2.24) is 5.32 Å². The van der Waals surface area contributed by atoms with Crippen LogP contribution in [0.5, 0.6) is 11.5 Å². The highest BCUT2D eigenvalue weighted by Crippen LogP contribution is 2.29. The molecule has 0 spiro atoms. The third-order valence-electron chi connectivity index (χ3n) is 4.07. The Morgan fingerprint density at radius 1 is 1.17 bits per heavy atom. The fourth-order valence-electron chi connectivity index (χ4n) is 2.69. The van der Waals surface area contributed by atoms with E-state index in [1.54, 1.807) is 31.4 Å². The lowest BCUT2D eigenvalue weighted by Crippen LogP contribution is -2.32. The summed E-state index contributed by atoms with van der Waals surface area (Å²) in [5.74, 6) is 3.34. The summed E-state index contributed by atoms with van der Waals surface area (Å²) in [7, 11) is 1.56. The van der Waals surface area contributed by atoms with Crippen molar-refractivity contribution in [3.63, 3.8) is 0 Å². The summed E-state index contributed by atoms with van der Waals surface area (Å²) < 4.78 is 16.4. The first kappa shape index (κ1) is 22.9. The highest BCUT2D eigenvalue weighted by molar-refractivity contribution is 6.42. The van der Waals surface area contributed by atoms with Crippen LogP contribution in [0.15, 0.2) is 36.4 Å². The van der Waals surface area contributed by atoms with Gasteiger partial charge in [-0.2, -0.15) is 0 Å². The van der Waals surface area contributed by atoms with E-state index in [-0.39, 0.29) is 12.5 Å². The van der Waals surface area contributed by atoms with Crippen molar-refractivity contribution in [3.8, 4) is 23.8 Å². The van der Waals surface area contributed by atoms with Gasteiger partial charge in [-0.25, -0.2) is 0 Å². The molecule has 2 rings (SSSR count). The molecule has 0 aliphatic heterocycles. The van der Waals surface area contributed by atoms with Gasteiger partial charge in [0, 0.05) is 13.2 Å². The molecule has 0 radical (unpaired) electrons. The molecule has 5 nitrogen and oxygen atoms in total. The summed E-state index contributed by atoms with van der Waals surface area (Å²) in [4.78, 5) is 12.6. The Hall–Kier alpha value is -2.39. The second-order valence-corrected chi connectivity index (χ2v) is 6.84. The predicted molar refractivity (Wildman–Crippen MR) is 115 cm³/mol. The van der Waals surface area contributed by atoms with Gasteiger partial charge in [0.1, 0.15) is 6.61 Å². The maximum atomic E-state index is 12.6. The van der Waals surface area contributed by atoms with E-state index in [2.05, 4.69) is 11.2 Å². The lowest BCUT2D eigenvalue weighted by molar-refractivity contribution is -0.132. The van der Waals surface area contributed by atoms with E-state index in [1.165, 1.54) is 0 Å².